The summed E-state index contributed by atoms with van der Waals surface area (Å²) in [5, 5.41) is 3.95. The molecule has 0 amide bonds. The highest BCUT2D eigenvalue weighted by Gasteiger charge is 2.17. The smallest absolute Gasteiger partial charge is 0.175 e. The first-order valence-corrected chi connectivity index (χ1v) is 10.5. The van der Waals surface area contributed by atoms with Gasteiger partial charge >= 0.3 is 0 Å². The lowest BCUT2D eigenvalue weighted by Gasteiger charge is -2.17. The van der Waals surface area contributed by atoms with Crippen LogP contribution in [-0.2, 0) is 13.2 Å². The third kappa shape index (κ3) is 5.37. The van der Waals surface area contributed by atoms with Crippen molar-refractivity contribution in [2.45, 2.75) is 51.8 Å². The molecule has 146 valence electrons. The van der Waals surface area contributed by atoms with E-state index in [1.54, 1.807) is 12.1 Å². The van der Waals surface area contributed by atoms with Crippen LogP contribution in [0.5, 0.6) is 11.5 Å². The Balaban J connectivity index is 1.75. The van der Waals surface area contributed by atoms with Gasteiger partial charge in [0.1, 0.15) is 12.4 Å². The molecule has 1 N–H and O–H groups in total. The topological polar surface area (TPSA) is 30.5 Å². The van der Waals surface area contributed by atoms with E-state index in [0.29, 0.717) is 34.7 Å². The number of hydrogen-bond acceptors (Lipinski definition) is 3. The average molecular weight is 457 g/mol. The van der Waals surface area contributed by atoms with Gasteiger partial charge in [-0.05, 0) is 65.5 Å². The summed E-state index contributed by atoms with van der Waals surface area (Å²) in [7, 11) is 0. The molecular formula is C21H24BrClFNO2. The summed E-state index contributed by atoms with van der Waals surface area (Å²) < 4.78 is 26.4. The molecule has 2 aromatic carbocycles. The summed E-state index contributed by atoms with van der Waals surface area (Å²) in [5.74, 6) is 0.817. The first kappa shape index (κ1) is 20.4. The van der Waals surface area contributed by atoms with Gasteiger partial charge in [0.25, 0.3) is 0 Å². The number of halogens is 3. The zero-order chi connectivity index (χ0) is 19.2. The van der Waals surface area contributed by atoms with Crippen LogP contribution in [0.3, 0.4) is 0 Å². The lowest BCUT2D eigenvalue weighted by atomic mass is 10.1. The molecule has 1 aliphatic rings. The highest BCUT2D eigenvalue weighted by Crippen LogP contribution is 2.38. The van der Waals surface area contributed by atoms with Crippen LogP contribution < -0.4 is 14.8 Å². The standard InChI is InChI=1S/C21H24BrClFNO2/c1-2-26-20-11-14(12-25-15-6-3-4-7-15)10-17(22)21(20)27-13-16-18(23)8-5-9-19(16)24/h5,8-11,15,25H,2-4,6-7,12-13H2,1H3. The summed E-state index contributed by atoms with van der Waals surface area (Å²) in [6.45, 7) is 3.25. The maximum absolute atomic E-state index is 14.0. The van der Waals surface area contributed by atoms with Gasteiger partial charge in [0, 0.05) is 18.2 Å². The number of benzene rings is 2. The predicted octanol–water partition coefficient (Wildman–Crippen LogP) is 6.25. The van der Waals surface area contributed by atoms with Crippen molar-refractivity contribution < 1.29 is 13.9 Å². The fourth-order valence-corrected chi connectivity index (χ4v) is 4.15. The first-order valence-electron chi connectivity index (χ1n) is 9.32. The molecule has 6 heteroatoms. The van der Waals surface area contributed by atoms with Gasteiger partial charge in [-0.2, -0.15) is 0 Å². The van der Waals surface area contributed by atoms with Crippen molar-refractivity contribution in [2.24, 2.45) is 0 Å². The van der Waals surface area contributed by atoms with E-state index in [1.165, 1.54) is 31.7 Å². The Hall–Kier alpha value is -1.30. The molecule has 3 nitrogen and oxygen atoms in total. The molecule has 0 saturated heterocycles. The number of rotatable bonds is 8. The Bertz CT molecular complexity index is 761. The van der Waals surface area contributed by atoms with Crippen molar-refractivity contribution in [2.75, 3.05) is 6.61 Å². The minimum Gasteiger partial charge on any atom is -0.490 e. The van der Waals surface area contributed by atoms with Crippen LogP contribution in [0.25, 0.3) is 0 Å². The summed E-state index contributed by atoms with van der Waals surface area (Å²) >= 11 is 9.67. The van der Waals surface area contributed by atoms with Gasteiger partial charge in [0.2, 0.25) is 0 Å². The zero-order valence-corrected chi connectivity index (χ0v) is 17.7. The van der Waals surface area contributed by atoms with E-state index in [4.69, 9.17) is 21.1 Å². The SMILES string of the molecule is CCOc1cc(CNC2CCCC2)cc(Br)c1OCc1c(F)cccc1Cl. The minimum atomic E-state index is -0.381. The molecule has 1 aliphatic carbocycles. The highest BCUT2D eigenvalue weighted by molar-refractivity contribution is 9.10. The minimum absolute atomic E-state index is 0.0316. The highest BCUT2D eigenvalue weighted by atomic mass is 79.9. The largest absolute Gasteiger partial charge is 0.490 e. The number of hydrogen-bond donors (Lipinski definition) is 1. The Labute approximate surface area is 173 Å². The van der Waals surface area contributed by atoms with Crippen LogP contribution in [0.4, 0.5) is 4.39 Å². The van der Waals surface area contributed by atoms with Crippen molar-refractivity contribution in [3.63, 3.8) is 0 Å². The van der Waals surface area contributed by atoms with Crippen LogP contribution in [-0.4, -0.2) is 12.6 Å². The van der Waals surface area contributed by atoms with Crippen LogP contribution in [0.2, 0.25) is 5.02 Å². The van der Waals surface area contributed by atoms with Crippen molar-refractivity contribution in [3.8, 4) is 11.5 Å². The fraction of sp³-hybridized carbons (Fsp3) is 0.429. The van der Waals surface area contributed by atoms with Crippen LogP contribution >= 0.6 is 27.5 Å². The molecule has 0 unspecified atom stereocenters. The molecule has 0 bridgehead atoms. The monoisotopic (exact) mass is 455 g/mol. The second-order valence-corrected chi connectivity index (χ2v) is 7.95. The van der Waals surface area contributed by atoms with Gasteiger partial charge in [-0.3, -0.25) is 0 Å². The van der Waals surface area contributed by atoms with E-state index >= 15 is 0 Å². The van der Waals surface area contributed by atoms with Crippen molar-refractivity contribution >= 4 is 27.5 Å². The number of ether oxygens (including phenoxy) is 2. The van der Waals surface area contributed by atoms with E-state index in [9.17, 15) is 4.39 Å². The molecule has 0 aliphatic heterocycles. The van der Waals surface area contributed by atoms with Gasteiger partial charge in [-0.1, -0.05) is 30.5 Å². The van der Waals surface area contributed by atoms with E-state index < -0.39 is 0 Å². The molecule has 3 rings (SSSR count). The maximum atomic E-state index is 14.0. The average Bonchev–Trinajstić information content (AvgIpc) is 3.15. The molecule has 0 radical (unpaired) electrons. The first-order chi connectivity index (χ1) is 13.1. The van der Waals surface area contributed by atoms with Crippen molar-refractivity contribution in [3.05, 3.63) is 56.8 Å². The molecule has 1 fully saturated rings. The summed E-state index contributed by atoms with van der Waals surface area (Å²) in [5.41, 5.74) is 1.45. The van der Waals surface area contributed by atoms with Gasteiger partial charge in [-0.25, -0.2) is 4.39 Å². The normalized spacial score (nSPS) is 14.5. The quantitative estimate of drug-likeness (QED) is 0.509. The van der Waals surface area contributed by atoms with Crippen LogP contribution in [0.1, 0.15) is 43.7 Å². The van der Waals surface area contributed by atoms with Gasteiger partial charge in [0.05, 0.1) is 16.1 Å². The van der Waals surface area contributed by atoms with E-state index in [0.717, 1.165) is 16.6 Å². The molecule has 27 heavy (non-hydrogen) atoms. The molecular weight excluding hydrogens is 433 g/mol. The third-order valence-corrected chi connectivity index (χ3v) is 5.68. The second-order valence-electron chi connectivity index (χ2n) is 6.69. The zero-order valence-electron chi connectivity index (χ0n) is 15.4. The van der Waals surface area contributed by atoms with Crippen LogP contribution in [0, 0.1) is 5.82 Å². The van der Waals surface area contributed by atoms with Crippen molar-refractivity contribution in [1.29, 1.82) is 0 Å². The summed E-state index contributed by atoms with van der Waals surface area (Å²) in [4.78, 5) is 0. The maximum Gasteiger partial charge on any atom is 0.175 e. The summed E-state index contributed by atoms with van der Waals surface area (Å²) in [6, 6.07) is 9.20. The molecule has 0 spiro atoms. The molecule has 2 aromatic rings. The predicted molar refractivity (Wildman–Crippen MR) is 110 cm³/mol. The third-order valence-electron chi connectivity index (χ3n) is 4.74. The van der Waals surface area contributed by atoms with Gasteiger partial charge in [-0.15, -0.1) is 0 Å². The molecule has 0 aromatic heterocycles. The fourth-order valence-electron chi connectivity index (χ4n) is 3.33. The lowest BCUT2D eigenvalue weighted by Crippen LogP contribution is -2.25. The van der Waals surface area contributed by atoms with Crippen LogP contribution in [0.15, 0.2) is 34.8 Å². The molecule has 1 saturated carbocycles. The molecule has 0 heterocycles. The Morgan fingerprint density at radius 1 is 1.22 bits per heavy atom. The molecule has 0 atom stereocenters. The van der Waals surface area contributed by atoms with Crippen molar-refractivity contribution in [1.82, 2.24) is 5.32 Å². The Kier molecular flexibility index (Phi) is 7.39. The Morgan fingerprint density at radius 2 is 2.00 bits per heavy atom. The van der Waals surface area contributed by atoms with E-state index in [-0.39, 0.29) is 12.4 Å². The number of nitrogens with one attached hydrogen (secondary N) is 1. The van der Waals surface area contributed by atoms with Gasteiger partial charge < -0.3 is 14.8 Å². The van der Waals surface area contributed by atoms with E-state index in [2.05, 4.69) is 21.2 Å². The van der Waals surface area contributed by atoms with Gasteiger partial charge in [0.15, 0.2) is 11.5 Å². The summed E-state index contributed by atoms with van der Waals surface area (Å²) in [6.07, 6.45) is 5.09. The van der Waals surface area contributed by atoms with E-state index in [1.807, 2.05) is 19.1 Å². The second kappa shape index (κ2) is 9.76. The lowest BCUT2D eigenvalue weighted by molar-refractivity contribution is 0.264. The Morgan fingerprint density at radius 3 is 2.70 bits per heavy atom.